The first-order valence-corrected chi connectivity index (χ1v) is 6.97. The molecule has 1 atom stereocenters. The first-order chi connectivity index (χ1) is 8.34. The number of ether oxygens (including phenoxy) is 2. The Kier molecular flexibility index (Phi) is 5.71. The van der Waals surface area contributed by atoms with Crippen LogP contribution in [0.4, 0.5) is 0 Å². The Bertz CT molecular complexity index is 202. The van der Waals surface area contributed by atoms with Crippen LogP contribution >= 0.6 is 0 Å². The monoisotopic (exact) mass is 242 g/mol. The lowest BCUT2D eigenvalue weighted by Gasteiger charge is -2.25. The van der Waals surface area contributed by atoms with Crippen molar-refractivity contribution < 1.29 is 9.47 Å². The first-order valence-electron chi connectivity index (χ1n) is 6.97. The second-order valence-corrected chi connectivity index (χ2v) is 5.22. The fourth-order valence-electron chi connectivity index (χ4n) is 2.56. The van der Waals surface area contributed by atoms with Crippen molar-refractivity contribution in [2.45, 2.75) is 37.9 Å². The third-order valence-electron chi connectivity index (χ3n) is 3.65. The van der Waals surface area contributed by atoms with Gasteiger partial charge in [0.25, 0.3) is 0 Å². The summed E-state index contributed by atoms with van der Waals surface area (Å²) in [4.78, 5) is 2.33. The van der Waals surface area contributed by atoms with Gasteiger partial charge in [0.05, 0.1) is 18.8 Å². The minimum Gasteiger partial charge on any atom is -0.377 e. The highest BCUT2D eigenvalue weighted by Gasteiger charge is 2.17. The van der Waals surface area contributed by atoms with Gasteiger partial charge < -0.3 is 19.7 Å². The number of likely N-dealkylation sites (N-methyl/N-ethyl adjacent to an activating group) is 1. The van der Waals surface area contributed by atoms with Crippen molar-refractivity contribution in [3.63, 3.8) is 0 Å². The van der Waals surface area contributed by atoms with Crippen LogP contribution in [-0.2, 0) is 9.47 Å². The van der Waals surface area contributed by atoms with Crippen molar-refractivity contribution in [3.8, 4) is 0 Å². The van der Waals surface area contributed by atoms with Crippen LogP contribution < -0.4 is 5.32 Å². The Morgan fingerprint density at radius 2 is 2.12 bits per heavy atom. The van der Waals surface area contributed by atoms with Gasteiger partial charge in [-0.05, 0) is 45.8 Å². The quantitative estimate of drug-likeness (QED) is 0.749. The van der Waals surface area contributed by atoms with Crippen molar-refractivity contribution in [2.24, 2.45) is 0 Å². The SMILES string of the molecule is CN(CCOC1CCNCC1)CC1CCCO1. The number of nitrogens with zero attached hydrogens (tertiary/aromatic N) is 1. The molecule has 0 aromatic rings. The largest absolute Gasteiger partial charge is 0.377 e. The van der Waals surface area contributed by atoms with Crippen molar-refractivity contribution in [1.82, 2.24) is 10.2 Å². The molecule has 0 saturated carbocycles. The van der Waals surface area contributed by atoms with E-state index in [1.807, 2.05) is 0 Å². The van der Waals surface area contributed by atoms with Crippen molar-refractivity contribution in [1.29, 1.82) is 0 Å². The lowest BCUT2D eigenvalue weighted by molar-refractivity contribution is 0.0150. The predicted molar refractivity (Wildman–Crippen MR) is 68.3 cm³/mol. The summed E-state index contributed by atoms with van der Waals surface area (Å²) in [5.74, 6) is 0. The van der Waals surface area contributed by atoms with Gasteiger partial charge in [0.15, 0.2) is 0 Å². The number of hydrogen-bond donors (Lipinski definition) is 1. The normalized spacial score (nSPS) is 26.8. The van der Waals surface area contributed by atoms with Crippen molar-refractivity contribution in [2.75, 3.05) is 46.4 Å². The molecule has 100 valence electrons. The lowest BCUT2D eigenvalue weighted by atomic mass is 10.1. The highest BCUT2D eigenvalue weighted by atomic mass is 16.5. The third-order valence-corrected chi connectivity index (χ3v) is 3.65. The maximum Gasteiger partial charge on any atom is 0.0702 e. The minimum absolute atomic E-state index is 0.457. The fourth-order valence-corrected chi connectivity index (χ4v) is 2.56. The van der Waals surface area contributed by atoms with Crippen molar-refractivity contribution in [3.05, 3.63) is 0 Å². The van der Waals surface area contributed by atoms with Crippen LogP contribution in [0, 0.1) is 0 Å². The van der Waals surface area contributed by atoms with E-state index >= 15 is 0 Å². The van der Waals surface area contributed by atoms with Gasteiger partial charge in [-0.2, -0.15) is 0 Å². The molecule has 0 aromatic heterocycles. The summed E-state index contributed by atoms with van der Waals surface area (Å²) in [6, 6.07) is 0. The summed E-state index contributed by atoms with van der Waals surface area (Å²) in [6.07, 6.45) is 5.71. The zero-order chi connectivity index (χ0) is 11.9. The highest BCUT2D eigenvalue weighted by Crippen LogP contribution is 2.12. The molecule has 0 bridgehead atoms. The van der Waals surface area contributed by atoms with Crippen molar-refractivity contribution >= 4 is 0 Å². The molecule has 0 spiro atoms. The van der Waals surface area contributed by atoms with Gasteiger partial charge in [0, 0.05) is 19.7 Å². The maximum atomic E-state index is 5.90. The molecule has 0 amide bonds. The van der Waals surface area contributed by atoms with Gasteiger partial charge in [-0.3, -0.25) is 0 Å². The maximum absolute atomic E-state index is 5.90. The summed E-state index contributed by atoms with van der Waals surface area (Å²) in [5, 5.41) is 3.36. The molecule has 17 heavy (non-hydrogen) atoms. The van der Waals surface area contributed by atoms with E-state index in [1.54, 1.807) is 0 Å². The van der Waals surface area contributed by atoms with Gasteiger partial charge in [-0.25, -0.2) is 0 Å². The standard InChI is InChI=1S/C13H26N2O2/c1-15(11-13-3-2-9-16-13)8-10-17-12-4-6-14-7-5-12/h12-14H,2-11H2,1H3. The molecule has 4 nitrogen and oxygen atoms in total. The molecule has 2 rings (SSSR count). The van der Waals surface area contributed by atoms with Gasteiger partial charge >= 0.3 is 0 Å². The van der Waals surface area contributed by atoms with E-state index < -0.39 is 0 Å². The second-order valence-electron chi connectivity index (χ2n) is 5.22. The second kappa shape index (κ2) is 7.31. The zero-order valence-corrected chi connectivity index (χ0v) is 11.0. The molecular weight excluding hydrogens is 216 g/mol. The average Bonchev–Trinajstić information content (AvgIpc) is 2.83. The van der Waals surface area contributed by atoms with E-state index in [9.17, 15) is 0 Å². The molecule has 0 aromatic carbocycles. The van der Waals surface area contributed by atoms with Crippen LogP contribution in [-0.4, -0.2) is 63.5 Å². The smallest absolute Gasteiger partial charge is 0.0702 e. The van der Waals surface area contributed by atoms with E-state index in [0.717, 1.165) is 52.2 Å². The van der Waals surface area contributed by atoms with Crippen LogP contribution in [0.1, 0.15) is 25.7 Å². The van der Waals surface area contributed by atoms with E-state index in [1.165, 1.54) is 12.8 Å². The van der Waals surface area contributed by atoms with Crippen LogP contribution in [0.15, 0.2) is 0 Å². The Labute approximate surface area is 105 Å². The molecule has 0 radical (unpaired) electrons. The number of rotatable bonds is 6. The predicted octanol–water partition coefficient (Wildman–Crippen LogP) is 0.866. The minimum atomic E-state index is 0.457. The highest BCUT2D eigenvalue weighted by molar-refractivity contribution is 4.70. The molecule has 0 aliphatic carbocycles. The number of hydrogen-bond acceptors (Lipinski definition) is 4. The van der Waals surface area contributed by atoms with Crippen LogP contribution in [0.2, 0.25) is 0 Å². The summed E-state index contributed by atoms with van der Waals surface area (Å²) >= 11 is 0. The van der Waals surface area contributed by atoms with Gasteiger partial charge in [-0.1, -0.05) is 0 Å². The summed E-state index contributed by atoms with van der Waals surface area (Å²) in [5.41, 5.74) is 0. The Morgan fingerprint density at radius 3 is 2.82 bits per heavy atom. The fraction of sp³-hybridized carbons (Fsp3) is 1.00. The molecule has 2 fully saturated rings. The number of nitrogens with one attached hydrogen (secondary N) is 1. The average molecular weight is 242 g/mol. The van der Waals surface area contributed by atoms with Gasteiger partial charge in [0.1, 0.15) is 0 Å². The van der Waals surface area contributed by atoms with E-state index in [2.05, 4.69) is 17.3 Å². The molecule has 2 aliphatic heterocycles. The van der Waals surface area contributed by atoms with Gasteiger partial charge in [0.2, 0.25) is 0 Å². The zero-order valence-electron chi connectivity index (χ0n) is 11.0. The molecular formula is C13H26N2O2. The van der Waals surface area contributed by atoms with E-state index in [4.69, 9.17) is 9.47 Å². The topological polar surface area (TPSA) is 33.7 Å². The van der Waals surface area contributed by atoms with Crippen LogP contribution in [0.5, 0.6) is 0 Å². The van der Waals surface area contributed by atoms with Gasteiger partial charge in [-0.15, -0.1) is 0 Å². The Hall–Kier alpha value is -0.160. The summed E-state index contributed by atoms with van der Waals surface area (Å²) in [6.45, 7) is 6.09. The van der Waals surface area contributed by atoms with Crippen LogP contribution in [0.3, 0.4) is 0 Å². The molecule has 2 saturated heterocycles. The summed E-state index contributed by atoms with van der Waals surface area (Å²) in [7, 11) is 2.16. The first kappa shape index (κ1) is 13.3. The third kappa shape index (κ3) is 4.92. The van der Waals surface area contributed by atoms with E-state index in [-0.39, 0.29) is 0 Å². The lowest BCUT2D eigenvalue weighted by Crippen LogP contribution is -2.35. The molecule has 1 N–H and O–H groups in total. The summed E-state index contributed by atoms with van der Waals surface area (Å²) < 4.78 is 11.5. The Balaban J connectivity index is 1.51. The number of piperidine rings is 1. The molecule has 1 unspecified atom stereocenters. The molecule has 2 aliphatic rings. The Morgan fingerprint density at radius 1 is 1.29 bits per heavy atom. The van der Waals surface area contributed by atoms with E-state index in [0.29, 0.717) is 12.2 Å². The molecule has 4 heteroatoms. The molecule has 2 heterocycles. The van der Waals surface area contributed by atoms with Crippen LogP contribution in [0.25, 0.3) is 0 Å².